The molecule has 0 spiro atoms. The van der Waals surface area contributed by atoms with E-state index in [9.17, 15) is 14.0 Å². The van der Waals surface area contributed by atoms with Gasteiger partial charge in [-0.2, -0.15) is 0 Å². The molecule has 3 fully saturated rings. The Morgan fingerprint density at radius 1 is 1.21 bits per heavy atom. The quantitative estimate of drug-likeness (QED) is 0.611. The van der Waals surface area contributed by atoms with Crippen LogP contribution in [0.25, 0.3) is 0 Å². The lowest BCUT2D eigenvalue weighted by Crippen LogP contribution is -2.67. The molecule has 2 amide bonds. The van der Waals surface area contributed by atoms with Crippen LogP contribution >= 0.6 is 0 Å². The number of benzene rings is 1. The van der Waals surface area contributed by atoms with Crippen molar-refractivity contribution in [3.8, 4) is 0 Å². The Morgan fingerprint density at radius 2 is 2.03 bits per heavy atom. The topological polar surface area (TPSA) is 102 Å². The van der Waals surface area contributed by atoms with Gasteiger partial charge in [0.25, 0.3) is 5.91 Å². The van der Waals surface area contributed by atoms with Crippen LogP contribution in [0.15, 0.2) is 30.6 Å². The number of anilines is 1. The number of nitrogens with one attached hydrogen (secondary N) is 3. The maximum atomic E-state index is 14.7. The van der Waals surface area contributed by atoms with Gasteiger partial charge in [0.1, 0.15) is 11.6 Å². The molecule has 2 aromatic rings. The van der Waals surface area contributed by atoms with Gasteiger partial charge in [-0.15, -0.1) is 0 Å². The molecule has 3 saturated heterocycles. The van der Waals surface area contributed by atoms with Crippen molar-refractivity contribution in [1.82, 2.24) is 31.0 Å². The van der Waals surface area contributed by atoms with E-state index >= 15 is 0 Å². The molecular formula is C24H30FN7O2. The lowest BCUT2D eigenvalue weighted by atomic mass is 9.82. The van der Waals surface area contributed by atoms with Crippen LogP contribution in [0, 0.1) is 18.7 Å². The minimum atomic E-state index is -0.515. The van der Waals surface area contributed by atoms with Crippen LogP contribution in [0.1, 0.15) is 34.5 Å². The van der Waals surface area contributed by atoms with Gasteiger partial charge in [-0.25, -0.2) is 14.8 Å². The summed E-state index contributed by atoms with van der Waals surface area (Å²) in [7, 11) is 0. The number of aryl methyl sites for hydroxylation is 1. The summed E-state index contributed by atoms with van der Waals surface area (Å²) in [5.74, 6) is -0.0793. The number of aromatic nitrogens is 2. The van der Waals surface area contributed by atoms with Gasteiger partial charge in [-0.05, 0) is 50.4 Å². The summed E-state index contributed by atoms with van der Waals surface area (Å²) in [4.78, 5) is 37.9. The van der Waals surface area contributed by atoms with Crippen molar-refractivity contribution in [2.75, 3.05) is 37.6 Å². The molecular weight excluding hydrogens is 437 g/mol. The standard InChI is InChI=1S/C24H30FN7O2/c1-15-13-26-14-21(28-15)31-7-9-32(10-8-31)24(34)18-11-16(4-5-19(18)25)12-20-22-17(3-2-6-27-22)23(33)30-29-20/h4-5,11,13-14,17,20,22,27,29H,2-3,6-10,12H2,1H3,(H,30,33). The van der Waals surface area contributed by atoms with Crippen molar-refractivity contribution in [3.05, 3.63) is 53.2 Å². The first kappa shape index (κ1) is 22.7. The molecule has 3 unspecified atom stereocenters. The number of amides is 2. The minimum Gasteiger partial charge on any atom is -0.352 e. The molecule has 34 heavy (non-hydrogen) atoms. The fourth-order valence-electron chi connectivity index (χ4n) is 5.18. The number of piperazine rings is 1. The lowest BCUT2D eigenvalue weighted by Gasteiger charge is -2.41. The first-order valence-corrected chi connectivity index (χ1v) is 11.9. The Labute approximate surface area is 198 Å². The number of carbonyl (C=O) groups excluding carboxylic acids is 2. The monoisotopic (exact) mass is 467 g/mol. The van der Waals surface area contributed by atoms with E-state index < -0.39 is 5.82 Å². The SMILES string of the molecule is Cc1cncc(N2CCN(C(=O)c3cc(CC4NNC(=O)C5CCCNC45)ccc3F)CC2)n1. The molecule has 3 aliphatic heterocycles. The summed E-state index contributed by atoms with van der Waals surface area (Å²) in [5, 5.41) is 3.46. The third-order valence-electron chi connectivity index (χ3n) is 7.01. The predicted molar refractivity (Wildman–Crippen MR) is 125 cm³/mol. The number of rotatable bonds is 4. The lowest BCUT2D eigenvalue weighted by molar-refractivity contribution is -0.131. The normalized spacial score (nSPS) is 25.0. The van der Waals surface area contributed by atoms with Crippen LogP contribution in [0.5, 0.6) is 0 Å². The average molecular weight is 468 g/mol. The Hall–Kier alpha value is -3.11. The molecule has 4 heterocycles. The molecule has 3 atom stereocenters. The van der Waals surface area contributed by atoms with Gasteiger partial charge in [-0.1, -0.05) is 6.07 Å². The fraction of sp³-hybridized carbons (Fsp3) is 0.500. The highest BCUT2D eigenvalue weighted by Gasteiger charge is 2.40. The molecule has 0 aliphatic carbocycles. The van der Waals surface area contributed by atoms with Crippen LogP contribution in [0.4, 0.5) is 10.2 Å². The summed E-state index contributed by atoms with van der Waals surface area (Å²) < 4.78 is 14.7. The van der Waals surface area contributed by atoms with Gasteiger partial charge >= 0.3 is 0 Å². The number of hydrogen-bond donors (Lipinski definition) is 3. The van der Waals surface area contributed by atoms with E-state index in [0.29, 0.717) is 32.6 Å². The Bertz CT molecular complexity index is 1070. The van der Waals surface area contributed by atoms with Crippen LogP contribution in [0.2, 0.25) is 0 Å². The van der Waals surface area contributed by atoms with Crippen molar-refractivity contribution >= 4 is 17.6 Å². The first-order valence-electron chi connectivity index (χ1n) is 11.9. The molecule has 9 nitrogen and oxygen atoms in total. The zero-order valence-corrected chi connectivity index (χ0v) is 19.3. The van der Waals surface area contributed by atoms with Gasteiger partial charge in [0.05, 0.1) is 23.4 Å². The number of carbonyl (C=O) groups is 2. The molecule has 1 aromatic heterocycles. The van der Waals surface area contributed by atoms with E-state index in [2.05, 4.69) is 31.0 Å². The zero-order valence-electron chi connectivity index (χ0n) is 19.3. The zero-order chi connectivity index (χ0) is 23.7. The number of piperidine rings is 1. The summed E-state index contributed by atoms with van der Waals surface area (Å²) in [6.45, 7) is 4.98. The summed E-state index contributed by atoms with van der Waals surface area (Å²) >= 11 is 0. The van der Waals surface area contributed by atoms with Crippen molar-refractivity contribution in [1.29, 1.82) is 0 Å². The highest BCUT2D eigenvalue weighted by atomic mass is 19.1. The van der Waals surface area contributed by atoms with Crippen LogP contribution in [0.3, 0.4) is 0 Å². The van der Waals surface area contributed by atoms with Crippen LogP contribution in [-0.2, 0) is 11.2 Å². The van der Waals surface area contributed by atoms with Gasteiger partial charge in [0.2, 0.25) is 5.91 Å². The van der Waals surface area contributed by atoms with Gasteiger partial charge in [0.15, 0.2) is 0 Å². The van der Waals surface area contributed by atoms with E-state index in [-0.39, 0.29) is 35.4 Å². The molecule has 180 valence electrons. The molecule has 0 saturated carbocycles. The summed E-state index contributed by atoms with van der Waals surface area (Å²) in [6.07, 6.45) is 5.84. The van der Waals surface area contributed by atoms with Crippen molar-refractivity contribution < 1.29 is 14.0 Å². The van der Waals surface area contributed by atoms with Crippen molar-refractivity contribution in [3.63, 3.8) is 0 Å². The number of hydrogen-bond acceptors (Lipinski definition) is 7. The van der Waals surface area contributed by atoms with E-state index in [0.717, 1.165) is 36.5 Å². The van der Waals surface area contributed by atoms with Gasteiger partial charge < -0.3 is 15.1 Å². The summed E-state index contributed by atoms with van der Waals surface area (Å²) in [6, 6.07) is 4.73. The fourth-order valence-corrected chi connectivity index (χ4v) is 5.18. The van der Waals surface area contributed by atoms with E-state index in [4.69, 9.17) is 0 Å². The molecule has 3 aliphatic rings. The molecule has 0 radical (unpaired) electrons. The van der Waals surface area contributed by atoms with Gasteiger partial charge in [0, 0.05) is 44.5 Å². The maximum Gasteiger partial charge on any atom is 0.256 e. The highest BCUT2D eigenvalue weighted by Crippen LogP contribution is 2.25. The van der Waals surface area contributed by atoms with E-state index in [1.807, 2.05) is 6.92 Å². The van der Waals surface area contributed by atoms with Crippen LogP contribution < -0.4 is 21.1 Å². The molecule has 3 N–H and O–H groups in total. The number of hydrazine groups is 1. The second kappa shape index (κ2) is 9.63. The number of nitrogens with zero attached hydrogens (tertiary/aromatic N) is 4. The number of fused-ring (bicyclic) bond motifs is 1. The predicted octanol–water partition coefficient (Wildman–Crippen LogP) is 0.800. The Kier molecular flexibility index (Phi) is 6.42. The second-order valence-corrected chi connectivity index (χ2v) is 9.28. The average Bonchev–Trinajstić information content (AvgIpc) is 2.87. The number of halogens is 1. The molecule has 10 heteroatoms. The van der Waals surface area contributed by atoms with E-state index in [1.54, 1.807) is 29.4 Å². The second-order valence-electron chi connectivity index (χ2n) is 9.28. The van der Waals surface area contributed by atoms with Crippen molar-refractivity contribution in [2.24, 2.45) is 5.92 Å². The van der Waals surface area contributed by atoms with Crippen LogP contribution in [-0.4, -0.2) is 71.5 Å². The smallest absolute Gasteiger partial charge is 0.256 e. The Balaban J connectivity index is 1.26. The molecule has 5 rings (SSSR count). The third kappa shape index (κ3) is 4.60. The van der Waals surface area contributed by atoms with Gasteiger partial charge in [-0.3, -0.25) is 20.0 Å². The first-order chi connectivity index (χ1) is 16.5. The molecule has 1 aromatic carbocycles. The largest absolute Gasteiger partial charge is 0.352 e. The Morgan fingerprint density at radius 3 is 2.82 bits per heavy atom. The maximum absolute atomic E-state index is 14.7. The molecule has 0 bridgehead atoms. The third-order valence-corrected chi connectivity index (χ3v) is 7.01. The van der Waals surface area contributed by atoms with Crippen molar-refractivity contribution in [2.45, 2.75) is 38.3 Å². The minimum absolute atomic E-state index is 0.0132. The van der Waals surface area contributed by atoms with E-state index in [1.165, 1.54) is 6.07 Å². The summed E-state index contributed by atoms with van der Waals surface area (Å²) in [5.41, 5.74) is 7.68. The highest BCUT2D eigenvalue weighted by molar-refractivity contribution is 5.95.